The van der Waals surface area contributed by atoms with E-state index in [9.17, 15) is 4.79 Å². The van der Waals surface area contributed by atoms with E-state index in [1.165, 1.54) is 0 Å². The molecule has 102 valence electrons. The fourth-order valence-electron chi connectivity index (χ4n) is 2.05. The zero-order chi connectivity index (χ0) is 14.5. The van der Waals surface area contributed by atoms with E-state index in [2.05, 4.69) is 5.92 Å². The van der Waals surface area contributed by atoms with E-state index in [0.29, 0.717) is 18.8 Å². The van der Waals surface area contributed by atoms with Gasteiger partial charge in [0.1, 0.15) is 0 Å². The minimum absolute atomic E-state index is 0.0528. The number of amides is 1. The first-order valence-electron chi connectivity index (χ1n) is 6.52. The van der Waals surface area contributed by atoms with Crippen LogP contribution in [0.2, 0.25) is 0 Å². The SMILES string of the molecule is C#CCN(CCC)C(=O)C(C)(C)c1ccc(N)cc1. The first-order chi connectivity index (χ1) is 8.93. The van der Waals surface area contributed by atoms with Crippen LogP contribution in [0.15, 0.2) is 24.3 Å². The Kier molecular flexibility index (Phi) is 5.00. The molecular weight excluding hydrogens is 236 g/mol. The molecule has 3 nitrogen and oxygen atoms in total. The van der Waals surface area contributed by atoms with Gasteiger partial charge in [-0.1, -0.05) is 25.0 Å². The molecule has 2 N–H and O–H groups in total. The quantitative estimate of drug-likeness (QED) is 0.651. The lowest BCUT2D eigenvalue weighted by Gasteiger charge is -2.31. The van der Waals surface area contributed by atoms with Gasteiger partial charge in [0.2, 0.25) is 5.91 Å². The molecule has 19 heavy (non-hydrogen) atoms. The molecule has 0 aliphatic rings. The van der Waals surface area contributed by atoms with Crippen LogP contribution >= 0.6 is 0 Å². The number of anilines is 1. The third-order valence-electron chi connectivity index (χ3n) is 3.23. The molecular formula is C16H22N2O. The summed E-state index contributed by atoms with van der Waals surface area (Å²) in [6.07, 6.45) is 6.23. The molecule has 0 heterocycles. The van der Waals surface area contributed by atoms with Crippen molar-refractivity contribution in [1.29, 1.82) is 0 Å². The molecule has 0 radical (unpaired) electrons. The van der Waals surface area contributed by atoms with E-state index in [4.69, 9.17) is 12.2 Å². The Labute approximate surface area is 115 Å². The zero-order valence-electron chi connectivity index (χ0n) is 11.9. The molecule has 0 bridgehead atoms. The second kappa shape index (κ2) is 6.29. The largest absolute Gasteiger partial charge is 0.399 e. The Morgan fingerprint density at radius 3 is 2.42 bits per heavy atom. The highest BCUT2D eigenvalue weighted by Crippen LogP contribution is 2.26. The van der Waals surface area contributed by atoms with Crippen LogP contribution in [0.25, 0.3) is 0 Å². The van der Waals surface area contributed by atoms with Crippen LogP contribution < -0.4 is 5.73 Å². The average Bonchev–Trinajstić information content (AvgIpc) is 2.38. The van der Waals surface area contributed by atoms with Gasteiger partial charge in [-0.05, 0) is 38.0 Å². The smallest absolute Gasteiger partial charge is 0.233 e. The predicted molar refractivity (Wildman–Crippen MR) is 79.6 cm³/mol. The van der Waals surface area contributed by atoms with Gasteiger partial charge in [-0.2, -0.15) is 0 Å². The molecule has 1 aromatic carbocycles. The van der Waals surface area contributed by atoms with Gasteiger partial charge in [0, 0.05) is 12.2 Å². The fraction of sp³-hybridized carbons (Fsp3) is 0.438. The molecule has 0 spiro atoms. The van der Waals surface area contributed by atoms with Crippen LogP contribution in [0.5, 0.6) is 0 Å². The number of nitrogen functional groups attached to an aromatic ring is 1. The summed E-state index contributed by atoms with van der Waals surface area (Å²) >= 11 is 0. The molecule has 3 heteroatoms. The monoisotopic (exact) mass is 258 g/mol. The van der Waals surface area contributed by atoms with Crippen LogP contribution in [0, 0.1) is 12.3 Å². The number of benzene rings is 1. The molecule has 0 atom stereocenters. The number of nitrogens with two attached hydrogens (primary N) is 1. The van der Waals surface area contributed by atoms with Crippen molar-refractivity contribution in [1.82, 2.24) is 4.90 Å². The van der Waals surface area contributed by atoms with Gasteiger partial charge in [-0.3, -0.25) is 4.79 Å². The first kappa shape index (κ1) is 15.1. The number of rotatable bonds is 5. The van der Waals surface area contributed by atoms with Crippen molar-refractivity contribution in [3.63, 3.8) is 0 Å². The van der Waals surface area contributed by atoms with Crippen molar-refractivity contribution in [2.24, 2.45) is 0 Å². The Balaban J connectivity index is 3.00. The summed E-state index contributed by atoms with van der Waals surface area (Å²) < 4.78 is 0. The lowest BCUT2D eigenvalue weighted by molar-refractivity contribution is -0.135. The highest BCUT2D eigenvalue weighted by atomic mass is 16.2. The number of terminal acetylenes is 1. The van der Waals surface area contributed by atoms with Crippen LogP contribution in [-0.4, -0.2) is 23.9 Å². The van der Waals surface area contributed by atoms with Crippen LogP contribution in [0.3, 0.4) is 0 Å². The fourth-order valence-corrected chi connectivity index (χ4v) is 2.05. The highest BCUT2D eigenvalue weighted by molar-refractivity contribution is 5.87. The second-order valence-corrected chi connectivity index (χ2v) is 5.18. The third-order valence-corrected chi connectivity index (χ3v) is 3.23. The van der Waals surface area contributed by atoms with E-state index in [0.717, 1.165) is 12.0 Å². The van der Waals surface area contributed by atoms with Crippen molar-refractivity contribution >= 4 is 11.6 Å². The topological polar surface area (TPSA) is 46.3 Å². The number of hydrogen-bond acceptors (Lipinski definition) is 2. The molecule has 1 amide bonds. The minimum Gasteiger partial charge on any atom is -0.399 e. The summed E-state index contributed by atoms with van der Waals surface area (Å²) in [5, 5.41) is 0. The molecule has 0 fully saturated rings. The predicted octanol–water partition coefficient (Wildman–Crippen LogP) is 2.42. The molecule has 1 rings (SSSR count). The van der Waals surface area contributed by atoms with Crippen LogP contribution in [0.1, 0.15) is 32.8 Å². The maximum atomic E-state index is 12.6. The number of hydrogen-bond donors (Lipinski definition) is 1. The van der Waals surface area contributed by atoms with E-state index in [1.54, 1.807) is 4.90 Å². The Morgan fingerprint density at radius 1 is 1.37 bits per heavy atom. The molecule has 0 unspecified atom stereocenters. The summed E-state index contributed by atoms with van der Waals surface area (Å²) in [5.41, 5.74) is 6.73. The second-order valence-electron chi connectivity index (χ2n) is 5.18. The van der Waals surface area contributed by atoms with Crippen molar-refractivity contribution in [3.05, 3.63) is 29.8 Å². The van der Waals surface area contributed by atoms with Crippen molar-refractivity contribution in [3.8, 4) is 12.3 Å². The van der Waals surface area contributed by atoms with Gasteiger partial charge >= 0.3 is 0 Å². The molecule has 0 aliphatic carbocycles. The van der Waals surface area contributed by atoms with Crippen molar-refractivity contribution in [2.75, 3.05) is 18.8 Å². The normalized spacial score (nSPS) is 10.8. The zero-order valence-corrected chi connectivity index (χ0v) is 11.9. The summed E-state index contributed by atoms with van der Waals surface area (Å²) in [6, 6.07) is 7.42. The minimum atomic E-state index is -0.597. The van der Waals surface area contributed by atoms with Gasteiger partial charge in [0.25, 0.3) is 0 Å². The Morgan fingerprint density at radius 2 is 1.95 bits per heavy atom. The van der Waals surface area contributed by atoms with Crippen LogP contribution in [0.4, 0.5) is 5.69 Å². The Bertz CT molecular complexity index is 469. The molecule has 0 aliphatic heterocycles. The van der Waals surface area contributed by atoms with Gasteiger partial charge < -0.3 is 10.6 Å². The van der Waals surface area contributed by atoms with Crippen molar-refractivity contribution in [2.45, 2.75) is 32.6 Å². The summed E-state index contributed by atoms with van der Waals surface area (Å²) in [6.45, 7) is 6.90. The maximum absolute atomic E-state index is 12.6. The lowest BCUT2D eigenvalue weighted by atomic mass is 9.83. The molecule has 0 saturated carbocycles. The van der Waals surface area contributed by atoms with E-state index < -0.39 is 5.41 Å². The van der Waals surface area contributed by atoms with E-state index in [-0.39, 0.29) is 5.91 Å². The van der Waals surface area contributed by atoms with E-state index >= 15 is 0 Å². The number of nitrogens with zero attached hydrogens (tertiary/aromatic N) is 1. The molecule has 0 saturated heterocycles. The van der Waals surface area contributed by atoms with Gasteiger partial charge in [-0.15, -0.1) is 6.42 Å². The average molecular weight is 258 g/mol. The van der Waals surface area contributed by atoms with Gasteiger partial charge in [0.15, 0.2) is 0 Å². The van der Waals surface area contributed by atoms with Crippen LogP contribution in [-0.2, 0) is 10.2 Å². The third kappa shape index (κ3) is 3.51. The van der Waals surface area contributed by atoms with E-state index in [1.807, 2.05) is 45.0 Å². The maximum Gasteiger partial charge on any atom is 0.233 e. The number of carbonyl (C=O) groups excluding carboxylic acids is 1. The lowest BCUT2D eigenvalue weighted by Crippen LogP contribution is -2.44. The summed E-state index contributed by atoms with van der Waals surface area (Å²) in [5.74, 6) is 2.60. The molecule has 0 aromatic heterocycles. The standard InChI is InChI=1S/C16H22N2O/c1-5-11-18(12-6-2)15(19)16(3,4)13-7-9-14(17)10-8-13/h1,7-10H,6,11-12,17H2,2-4H3. The highest BCUT2D eigenvalue weighted by Gasteiger charge is 2.33. The number of carbonyl (C=O) groups is 1. The summed E-state index contributed by atoms with van der Waals surface area (Å²) in [4.78, 5) is 14.4. The van der Waals surface area contributed by atoms with Crippen molar-refractivity contribution < 1.29 is 4.79 Å². The van der Waals surface area contributed by atoms with Gasteiger partial charge in [0.05, 0.1) is 12.0 Å². The summed E-state index contributed by atoms with van der Waals surface area (Å²) in [7, 11) is 0. The Hall–Kier alpha value is -1.95. The molecule has 1 aromatic rings. The first-order valence-corrected chi connectivity index (χ1v) is 6.52. The van der Waals surface area contributed by atoms with Gasteiger partial charge in [-0.25, -0.2) is 0 Å².